The third-order valence-electron chi connectivity index (χ3n) is 3.09. The summed E-state index contributed by atoms with van der Waals surface area (Å²) in [5.41, 5.74) is 5.80. The van der Waals surface area contributed by atoms with E-state index in [1.807, 2.05) is 18.2 Å². The summed E-state index contributed by atoms with van der Waals surface area (Å²) in [6, 6.07) is 5.74. The molecule has 0 amide bonds. The molecule has 0 spiro atoms. The summed E-state index contributed by atoms with van der Waals surface area (Å²) < 4.78 is 0. The van der Waals surface area contributed by atoms with Gasteiger partial charge in [-0.25, -0.2) is 4.98 Å². The van der Waals surface area contributed by atoms with Crippen molar-refractivity contribution in [2.75, 3.05) is 23.7 Å². The highest BCUT2D eigenvalue weighted by atomic mass is 32.2. The molecular weight excluding hydrogens is 272 g/mol. The molecule has 2 N–H and O–H groups in total. The Kier molecular flexibility index (Phi) is 3.96. The Morgan fingerprint density at radius 3 is 2.65 bits per heavy atom. The van der Waals surface area contributed by atoms with Crippen LogP contribution in [0.4, 0.5) is 11.9 Å². The summed E-state index contributed by atoms with van der Waals surface area (Å²) in [4.78, 5) is 19.3. The Balaban J connectivity index is 1.82. The topological polar surface area (TPSA) is 80.8 Å². The van der Waals surface area contributed by atoms with Crippen molar-refractivity contribution in [3.8, 4) is 0 Å². The van der Waals surface area contributed by atoms with Crippen LogP contribution in [0.1, 0.15) is 19.3 Å². The van der Waals surface area contributed by atoms with E-state index in [1.54, 1.807) is 6.20 Å². The van der Waals surface area contributed by atoms with Crippen molar-refractivity contribution < 1.29 is 0 Å². The molecule has 7 heteroatoms. The smallest absolute Gasteiger partial charge is 0.231 e. The fourth-order valence-electron chi connectivity index (χ4n) is 2.14. The minimum Gasteiger partial charge on any atom is -0.368 e. The molecule has 2 aromatic heterocycles. The van der Waals surface area contributed by atoms with E-state index in [-0.39, 0.29) is 5.95 Å². The first-order valence-corrected chi connectivity index (χ1v) is 7.48. The van der Waals surface area contributed by atoms with Gasteiger partial charge < -0.3 is 10.6 Å². The number of nitrogen functional groups attached to an aromatic ring is 1. The van der Waals surface area contributed by atoms with Gasteiger partial charge in [-0.3, -0.25) is 0 Å². The van der Waals surface area contributed by atoms with Crippen molar-refractivity contribution >= 4 is 23.7 Å². The minimum atomic E-state index is 0.263. The number of rotatable bonds is 3. The second-order valence-corrected chi connectivity index (χ2v) is 5.58. The SMILES string of the molecule is Nc1nc(Sc2ccccn2)nc(N2CCCCC2)n1. The second-order valence-electron chi connectivity index (χ2n) is 4.59. The molecule has 6 nitrogen and oxygen atoms in total. The lowest BCUT2D eigenvalue weighted by molar-refractivity contribution is 0.565. The lowest BCUT2D eigenvalue weighted by Gasteiger charge is -2.26. The number of hydrogen-bond donors (Lipinski definition) is 1. The highest BCUT2D eigenvalue weighted by molar-refractivity contribution is 7.99. The molecule has 104 valence electrons. The van der Waals surface area contributed by atoms with Crippen molar-refractivity contribution in [3.05, 3.63) is 24.4 Å². The number of nitrogens with zero attached hydrogens (tertiary/aromatic N) is 5. The minimum absolute atomic E-state index is 0.263. The molecule has 1 fully saturated rings. The molecule has 0 saturated carbocycles. The number of anilines is 2. The molecule has 1 saturated heterocycles. The van der Waals surface area contributed by atoms with Gasteiger partial charge in [-0.1, -0.05) is 6.07 Å². The molecule has 0 aromatic carbocycles. The van der Waals surface area contributed by atoms with Gasteiger partial charge in [0.15, 0.2) is 0 Å². The molecule has 0 unspecified atom stereocenters. The molecule has 2 aromatic rings. The summed E-state index contributed by atoms with van der Waals surface area (Å²) in [7, 11) is 0. The highest BCUT2D eigenvalue weighted by Gasteiger charge is 2.16. The quantitative estimate of drug-likeness (QED) is 0.925. The van der Waals surface area contributed by atoms with Crippen LogP contribution in [0, 0.1) is 0 Å². The van der Waals surface area contributed by atoms with Crippen LogP contribution >= 0.6 is 11.8 Å². The molecule has 3 heterocycles. The van der Waals surface area contributed by atoms with Crippen molar-refractivity contribution in [2.45, 2.75) is 29.4 Å². The molecule has 1 aliphatic heterocycles. The molecule has 0 atom stereocenters. The van der Waals surface area contributed by atoms with E-state index in [1.165, 1.54) is 31.0 Å². The zero-order valence-electron chi connectivity index (χ0n) is 11.1. The van der Waals surface area contributed by atoms with Crippen LogP contribution in [0.15, 0.2) is 34.6 Å². The van der Waals surface area contributed by atoms with Gasteiger partial charge in [-0.15, -0.1) is 0 Å². The first kappa shape index (κ1) is 13.1. The lowest BCUT2D eigenvalue weighted by Crippen LogP contribution is -2.31. The maximum atomic E-state index is 5.80. The average molecular weight is 288 g/mol. The van der Waals surface area contributed by atoms with Gasteiger partial charge in [0.25, 0.3) is 0 Å². The molecule has 0 radical (unpaired) electrons. The van der Waals surface area contributed by atoms with Crippen LogP contribution in [0.3, 0.4) is 0 Å². The predicted octanol–water partition coefficient (Wildman–Crippen LogP) is 1.99. The number of hydrogen-bond acceptors (Lipinski definition) is 7. The standard InChI is InChI=1S/C13H16N6S/c14-11-16-12(19-8-4-1-5-9-19)18-13(17-11)20-10-6-2-3-7-15-10/h2-3,6-7H,1,4-5,8-9H2,(H2,14,16,17,18). The predicted molar refractivity (Wildman–Crippen MR) is 78.7 cm³/mol. The highest BCUT2D eigenvalue weighted by Crippen LogP contribution is 2.25. The second kappa shape index (κ2) is 6.04. The molecule has 0 aliphatic carbocycles. The van der Waals surface area contributed by atoms with Gasteiger partial charge in [-0.05, 0) is 43.2 Å². The number of nitrogens with two attached hydrogens (primary N) is 1. The van der Waals surface area contributed by atoms with Gasteiger partial charge in [-0.2, -0.15) is 15.0 Å². The normalized spacial score (nSPS) is 15.3. The van der Waals surface area contributed by atoms with E-state index in [0.717, 1.165) is 18.1 Å². The Bertz CT molecular complexity index is 570. The van der Waals surface area contributed by atoms with Gasteiger partial charge >= 0.3 is 0 Å². The van der Waals surface area contributed by atoms with Crippen molar-refractivity contribution in [2.24, 2.45) is 0 Å². The van der Waals surface area contributed by atoms with E-state index >= 15 is 0 Å². The molecule has 3 rings (SSSR count). The fourth-order valence-corrected chi connectivity index (χ4v) is 2.86. The monoisotopic (exact) mass is 288 g/mol. The maximum absolute atomic E-state index is 5.80. The van der Waals surface area contributed by atoms with E-state index in [4.69, 9.17) is 5.73 Å². The average Bonchev–Trinajstić information content (AvgIpc) is 2.49. The Labute approximate surface area is 121 Å². The summed E-state index contributed by atoms with van der Waals surface area (Å²) in [5.74, 6) is 0.939. The summed E-state index contributed by atoms with van der Waals surface area (Å²) in [5, 5.41) is 1.44. The van der Waals surface area contributed by atoms with Crippen LogP contribution in [-0.4, -0.2) is 33.0 Å². The Hall–Kier alpha value is -1.89. The number of piperidine rings is 1. The zero-order chi connectivity index (χ0) is 13.8. The van der Waals surface area contributed by atoms with E-state index in [2.05, 4.69) is 24.8 Å². The first-order valence-electron chi connectivity index (χ1n) is 6.67. The van der Waals surface area contributed by atoms with Crippen LogP contribution in [0.2, 0.25) is 0 Å². The third kappa shape index (κ3) is 3.16. The molecule has 1 aliphatic rings. The van der Waals surface area contributed by atoms with Gasteiger partial charge in [0.05, 0.1) is 0 Å². The molecule has 0 bridgehead atoms. The summed E-state index contributed by atoms with van der Waals surface area (Å²) in [6.45, 7) is 1.97. The fraction of sp³-hybridized carbons (Fsp3) is 0.385. The largest absolute Gasteiger partial charge is 0.368 e. The van der Waals surface area contributed by atoms with E-state index in [9.17, 15) is 0 Å². The third-order valence-corrected chi connectivity index (χ3v) is 3.91. The van der Waals surface area contributed by atoms with Gasteiger partial charge in [0.2, 0.25) is 17.1 Å². The summed E-state index contributed by atoms with van der Waals surface area (Å²) in [6.07, 6.45) is 5.37. The van der Waals surface area contributed by atoms with E-state index in [0.29, 0.717) is 11.1 Å². The lowest BCUT2D eigenvalue weighted by atomic mass is 10.1. The van der Waals surface area contributed by atoms with Crippen LogP contribution in [-0.2, 0) is 0 Å². The maximum Gasteiger partial charge on any atom is 0.231 e. The molecule has 20 heavy (non-hydrogen) atoms. The first-order chi connectivity index (χ1) is 9.81. The van der Waals surface area contributed by atoms with Gasteiger partial charge in [0, 0.05) is 19.3 Å². The van der Waals surface area contributed by atoms with Crippen LogP contribution in [0.5, 0.6) is 0 Å². The van der Waals surface area contributed by atoms with E-state index < -0.39 is 0 Å². The molecular formula is C13H16N6S. The van der Waals surface area contributed by atoms with Gasteiger partial charge in [0.1, 0.15) is 5.03 Å². The van der Waals surface area contributed by atoms with Crippen molar-refractivity contribution in [1.82, 2.24) is 19.9 Å². The van der Waals surface area contributed by atoms with Crippen molar-refractivity contribution in [3.63, 3.8) is 0 Å². The zero-order valence-corrected chi connectivity index (χ0v) is 11.9. The van der Waals surface area contributed by atoms with Crippen molar-refractivity contribution in [1.29, 1.82) is 0 Å². The number of pyridine rings is 1. The Morgan fingerprint density at radius 1 is 1.05 bits per heavy atom. The summed E-state index contributed by atoms with van der Waals surface area (Å²) >= 11 is 1.40. The number of aromatic nitrogens is 4. The Morgan fingerprint density at radius 2 is 1.90 bits per heavy atom. The van der Waals surface area contributed by atoms with Crippen LogP contribution in [0.25, 0.3) is 0 Å². The van der Waals surface area contributed by atoms with Crippen LogP contribution < -0.4 is 10.6 Å².